The standard InChI is InChI=1S/C7H8O.C6H12O.C4H10.CH4O/c1-6-2-4-7(8)5-3-6;1-4-5(2)6(3)7;1-3-4-2;1-2/h2-5,8H,1H3;5H,4H2,1-3H3;3-4H2,1-2H3;2H,1H3. The van der Waals surface area contributed by atoms with E-state index < -0.39 is 0 Å². The quantitative estimate of drug-likeness (QED) is 0.847. The molecule has 1 rings (SSSR count). The number of aliphatic hydroxyl groups excluding tert-OH is 1. The molecule has 0 spiro atoms. The van der Waals surface area contributed by atoms with Crippen LogP contribution in [0.4, 0.5) is 0 Å². The molecule has 1 aromatic carbocycles. The van der Waals surface area contributed by atoms with E-state index in [1.807, 2.05) is 32.9 Å². The van der Waals surface area contributed by atoms with E-state index >= 15 is 0 Å². The summed E-state index contributed by atoms with van der Waals surface area (Å²) in [7, 11) is 1.00. The second kappa shape index (κ2) is 18.7. The number of Topliss-reactive ketones (excluding diaryl/α,β-unsaturated/α-hetero) is 1. The number of aryl methyl sites for hydroxylation is 1. The number of benzene rings is 1. The van der Waals surface area contributed by atoms with Crippen LogP contribution in [0.5, 0.6) is 5.75 Å². The fourth-order valence-corrected chi connectivity index (χ4v) is 0.832. The number of carbonyl (C=O) groups is 1. The molecule has 1 aromatic rings. The van der Waals surface area contributed by atoms with Gasteiger partial charge in [0.1, 0.15) is 11.5 Å². The summed E-state index contributed by atoms with van der Waals surface area (Å²) in [6, 6.07) is 7.09. The highest BCUT2D eigenvalue weighted by molar-refractivity contribution is 5.77. The van der Waals surface area contributed by atoms with Gasteiger partial charge < -0.3 is 10.2 Å². The van der Waals surface area contributed by atoms with E-state index in [-0.39, 0.29) is 5.92 Å². The van der Waals surface area contributed by atoms with Gasteiger partial charge in [0.25, 0.3) is 0 Å². The van der Waals surface area contributed by atoms with Gasteiger partial charge in [0.05, 0.1) is 0 Å². The molecule has 3 nitrogen and oxygen atoms in total. The first-order valence-electron chi connectivity index (χ1n) is 7.59. The van der Waals surface area contributed by atoms with Gasteiger partial charge in [-0.3, -0.25) is 4.79 Å². The molecule has 2 N–H and O–H groups in total. The number of phenolic OH excluding ortho intramolecular Hbond substituents is 1. The number of rotatable bonds is 3. The molecular formula is C18H34O3. The van der Waals surface area contributed by atoms with Gasteiger partial charge in [0.15, 0.2) is 0 Å². The van der Waals surface area contributed by atoms with Crippen molar-refractivity contribution in [2.75, 3.05) is 7.11 Å². The topological polar surface area (TPSA) is 57.5 Å². The molecule has 0 fully saturated rings. The molecule has 21 heavy (non-hydrogen) atoms. The second-order valence-corrected chi connectivity index (χ2v) is 4.76. The molecule has 1 unspecified atom stereocenters. The molecule has 0 amide bonds. The minimum atomic E-state index is 0.264. The van der Waals surface area contributed by atoms with Gasteiger partial charge >= 0.3 is 0 Å². The first-order valence-corrected chi connectivity index (χ1v) is 7.59. The molecule has 0 aromatic heterocycles. The average Bonchev–Trinajstić information content (AvgIpc) is 2.52. The molecule has 1 atom stereocenters. The molecule has 124 valence electrons. The second-order valence-electron chi connectivity index (χ2n) is 4.76. The normalized spacial score (nSPS) is 9.71. The molecule has 0 saturated heterocycles. The lowest BCUT2D eigenvalue weighted by Crippen LogP contribution is -2.03. The third-order valence-corrected chi connectivity index (χ3v) is 2.84. The Balaban J connectivity index is -0.000000229. The Morgan fingerprint density at radius 3 is 1.57 bits per heavy atom. The zero-order valence-corrected chi connectivity index (χ0v) is 14.8. The molecule has 3 heteroatoms. The third kappa shape index (κ3) is 21.1. The van der Waals surface area contributed by atoms with E-state index in [4.69, 9.17) is 10.2 Å². The SMILES string of the molecule is CCC(C)C(C)=O.CCCC.CO.Cc1ccc(O)cc1. The van der Waals surface area contributed by atoms with Crippen molar-refractivity contribution in [1.29, 1.82) is 0 Å². The van der Waals surface area contributed by atoms with Crippen LogP contribution in [0.25, 0.3) is 0 Å². The molecule has 0 radical (unpaired) electrons. The fourth-order valence-electron chi connectivity index (χ4n) is 0.832. The van der Waals surface area contributed by atoms with Gasteiger partial charge in [-0.1, -0.05) is 58.2 Å². The number of phenols is 1. The Morgan fingerprint density at radius 1 is 1.05 bits per heavy atom. The van der Waals surface area contributed by atoms with E-state index in [0.29, 0.717) is 11.5 Å². The highest BCUT2D eigenvalue weighted by Crippen LogP contribution is 2.07. The maximum atomic E-state index is 10.4. The molecule has 0 aliphatic carbocycles. The van der Waals surface area contributed by atoms with Crippen LogP contribution >= 0.6 is 0 Å². The lowest BCUT2D eigenvalue weighted by atomic mass is 10.1. The maximum Gasteiger partial charge on any atom is 0.132 e. The number of hydrogen-bond acceptors (Lipinski definition) is 3. The number of carbonyl (C=O) groups excluding carboxylic acids is 1. The summed E-state index contributed by atoms with van der Waals surface area (Å²) in [4.78, 5) is 10.4. The highest BCUT2D eigenvalue weighted by Gasteiger charge is 2.01. The van der Waals surface area contributed by atoms with Gasteiger partial charge in [-0.2, -0.15) is 0 Å². The van der Waals surface area contributed by atoms with Crippen LogP contribution in [0.2, 0.25) is 0 Å². The summed E-state index contributed by atoms with van der Waals surface area (Å²) in [5.41, 5.74) is 1.17. The third-order valence-electron chi connectivity index (χ3n) is 2.84. The van der Waals surface area contributed by atoms with Crippen LogP contribution in [0.3, 0.4) is 0 Å². The highest BCUT2D eigenvalue weighted by atomic mass is 16.3. The zero-order valence-electron chi connectivity index (χ0n) is 14.8. The lowest BCUT2D eigenvalue weighted by molar-refractivity contribution is -0.120. The van der Waals surface area contributed by atoms with Crippen molar-refractivity contribution in [2.45, 2.75) is 60.8 Å². The van der Waals surface area contributed by atoms with Crippen molar-refractivity contribution in [3.05, 3.63) is 29.8 Å². The number of aromatic hydroxyl groups is 1. The summed E-state index contributed by atoms with van der Waals surface area (Å²) in [5.74, 6) is 0.887. The first kappa shape index (κ1) is 24.7. The summed E-state index contributed by atoms with van der Waals surface area (Å²) < 4.78 is 0. The van der Waals surface area contributed by atoms with Gasteiger partial charge in [-0.25, -0.2) is 0 Å². The van der Waals surface area contributed by atoms with Gasteiger partial charge in [0, 0.05) is 13.0 Å². The molecule has 0 aliphatic heterocycles. The molecule has 0 saturated carbocycles. The van der Waals surface area contributed by atoms with Crippen molar-refractivity contribution in [3.8, 4) is 5.75 Å². The number of unbranched alkanes of at least 4 members (excludes halogenated alkanes) is 1. The summed E-state index contributed by atoms with van der Waals surface area (Å²) >= 11 is 0. The van der Waals surface area contributed by atoms with E-state index in [1.165, 1.54) is 18.4 Å². The van der Waals surface area contributed by atoms with Crippen LogP contribution in [-0.2, 0) is 4.79 Å². The Morgan fingerprint density at radius 2 is 1.43 bits per heavy atom. The van der Waals surface area contributed by atoms with Crippen molar-refractivity contribution in [3.63, 3.8) is 0 Å². The zero-order chi connectivity index (χ0) is 17.3. The van der Waals surface area contributed by atoms with E-state index in [1.54, 1.807) is 19.1 Å². The smallest absolute Gasteiger partial charge is 0.132 e. The van der Waals surface area contributed by atoms with Gasteiger partial charge in [-0.15, -0.1) is 0 Å². The number of ketones is 1. The minimum absolute atomic E-state index is 0.264. The fraction of sp³-hybridized carbons (Fsp3) is 0.611. The van der Waals surface area contributed by atoms with Gasteiger partial charge in [0.2, 0.25) is 0 Å². The number of hydrogen-bond donors (Lipinski definition) is 2. The largest absolute Gasteiger partial charge is 0.508 e. The van der Waals surface area contributed by atoms with Crippen LogP contribution in [0, 0.1) is 12.8 Å². The van der Waals surface area contributed by atoms with E-state index in [9.17, 15) is 4.79 Å². The average molecular weight is 298 g/mol. The number of aliphatic hydroxyl groups is 1. The van der Waals surface area contributed by atoms with E-state index in [2.05, 4.69) is 13.8 Å². The van der Waals surface area contributed by atoms with Crippen molar-refractivity contribution < 1.29 is 15.0 Å². The van der Waals surface area contributed by atoms with E-state index in [0.717, 1.165) is 13.5 Å². The lowest BCUT2D eigenvalue weighted by Gasteiger charge is -1.98. The summed E-state index contributed by atoms with van der Waals surface area (Å²) in [6.07, 6.45) is 3.61. The van der Waals surface area contributed by atoms with Crippen LogP contribution in [-0.4, -0.2) is 23.1 Å². The van der Waals surface area contributed by atoms with Crippen molar-refractivity contribution in [1.82, 2.24) is 0 Å². The monoisotopic (exact) mass is 298 g/mol. The van der Waals surface area contributed by atoms with Crippen LogP contribution in [0.15, 0.2) is 24.3 Å². The molecule has 0 aliphatic rings. The van der Waals surface area contributed by atoms with Crippen molar-refractivity contribution >= 4 is 5.78 Å². The predicted molar refractivity (Wildman–Crippen MR) is 91.7 cm³/mol. The Hall–Kier alpha value is -1.35. The summed E-state index contributed by atoms with van der Waals surface area (Å²) in [5, 5.41) is 15.8. The van der Waals surface area contributed by atoms with Crippen LogP contribution in [0.1, 0.15) is 59.4 Å². The maximum absolute atomic E-state index is 10.4. The van der Waals surface area contributed by atoms with Crippen LogP contribution < -0.4 is 0 Å². The Labute approximate surface area is 131 Å². The van der Waals surface area contributed by atoms with Crippen molar-refractivity contribution in [2.24, 2.45) is 5.92 Å². The summed E-state index contributed by atoms with van der Waals surface area (Å²) in [6.45, 7) is 11.9. The molecule has 0 heterocycles. The molecular weight excluding hydrogens is 264 g/mol. The Bertz CT molecular complexity index is 295. The predicted octanol–water partition coefficient (Wildman–Crippen LogP) is 4.74. The van der Waals surface area contributed by atoms with Gasteiger partial charge in [-0.05, 0) is 32.4 Å². The Kier molecular flexibility index (Phi) is 21.9. The molecule has 0 bridgehead atoms. The first-order chi connectivity index (χ1) is 9.88. The minimum Gasteiger partial charge on any atom is -0.508 e.